The van der Waals surface area contributed by atoms with Crippen LogP contribution in [0.5, 0.6) is 0 Å². The van der Waals surface area contributed by atoms with Crippen LogP contribution in [0.4, 0.5) is 5.69 Å². The van der Waals surface area contributed by atoms with Crippen LogP contribution in [0.15, 0.2) is 53.6 Å². The van der Waals surface area contributed by atoms with Crippen molar-refractivity contribution < 1.29 is 4.79 Å². The highest BCUT2D eigenvalue weighted by atomic mass is 127. The van der Waals surface area contributed by atoms with Crippen molar-refractivity contribution in [3.05, 3.63) is 67.7 Å². The summed E-state index contributed by atoms with van der Waals surface area (Å²) >= 11 is 8.10. The third-order valence-electron chi connectivity index (χ3n) is 3.23. The molecule has 0 aliphatic rings. The molecule has 116 valence electrons. The van der Waals surface area contributed by atoms with Crippen LogP contribution < -0.4 is 10.9 Å². The third kappa shape index (κ3) is 3.70. The van der Waals surface area contributed by atoms with Gasteiger partial charge in [-0.3, -0.25) is 14.2 Å². The molecule has 0 spiro atoms. The smallest absolute Gasteiger partial charge is 0.261 e. The second kappa shape index (κ2) is 6.67. The number of anilines is 1. The van der Waals surface area contributed by atoms with Crippen LogP contribution in [0.3, 0.4) is 0 Å². The number of amides is 1. The van der Waals surface area contributed by atoms with Crippen molar-refractivity contribution in [2.75, 3.05) is 5.32 Å². The SMILES string of the molecule is O=C(Cn1cnc2ccc(Cl)cc2c1=O)Nc1ccc(I)cc1. The molecule has 2 aromatic carbocycles. The summed E-state index contributed by atoms with van der Waals surface area (Å²) < 4.78 is 2.34. The van der Waals surface area contributed by atoms with Gasteiger partial charge in [-0.05, 0) is 65.1 Å². The minimum absolute atomic E-state index is 0.111. The summed E-state index contributed by atoms with van der Waals surface area (Å²) in [4.78, 5) is 28.7. The summed E-state index contributed by atoms with van der Waals surface area (Å²) in [5, 5.41) is 3.60. The summed E-state index contributed by atoms with van der Waals surface area (Å²) in [6.07, 6.45) is 1.37. The maximum atomic E-state index is 12.4. The van der Waals surface area contributed by atoms with Gasteiger partial charge in [0.1, 0.15) is 6.54 Å². The predicted molar refractivity (Wildman–Crippen MR) is 98.8 cm³/mol. The van der Waals surface area contributed by atoms with E-state index < -0.39 is 0 Å². The molecule has 0 atom stereocenters. The molecule has 3 aromatic rings. The van der Waals surface area contributed by atoms with Gasteiger partial charge in [0.25, 0.3) is 5.56 Å². The monoisotopic (exact) mass is 439 g/mol. The van der Waals surface area contributed by atoms with Crippen LogP contribution in [0.2, 0.25) is 5.02 Å². The molecule has 0 saturated heterocycles. The Morgan fingerprint density at radius 2 is 1.96 bits per heavy atom. The number of carbonyl (C=O) groups is 1. The van der Waals surface area contributed by atoms with E-state index in [0.29, 0.717) is 21.6 Å². The molecule has 3 rings (SSSR count). The summed E-state index contributed by atoms with van der Waals surface area (Å²) in [6.45, 7) is -0.111. The number of fused-ring (bicyclic) bond motifs is 1. The Kier molecular flexibility index (Phi) is 4.63. The lowest BCUT2D eigenvalue weighted by molar-refractivity contribution is -0.116. The Labute approximate surface area is 150 Å². The molecule has 7 heteroatoms. The van der Waals surface area contributed by atoms with Crippen LogP contribution in [0.25, 0.3) is 10.9 Å². The fraction of sp³-hybridized carbons (Fsp3) is 0.0625. The van der Waals surface area contributed by atoms with E-state index in [4.69, 9.17) is 11.6 Å². The Morgan fingerprint density at radius 1 is 1.22 bits per heavy atom. The summed E-state index contributed by atoms with van der Waals surface area (Å²) in [5.41, 5.74) is 0.934. The number of nitrogens with zero attached hydrogens (tertiary/aromatic N) is 2. The number of nitrogens with one attached hydrogen (secondary N) is 1. The van der Waals surface area contributed by atoms with E-state index in [-0.39, 0.29) is 18.0 Å². The minimum Gasteiger partial charge on any atom is -0.325 e. The second-order valence-electron chi connectivity index (χ2n) is 4.89. The van der Waals surface area contributed by atoms with Gasteiger partial charge in [0, 0.05) is 14.3 Å². The molecular weight excluding hydrogens is 429 g/mol. The van der Waals surface area contributed by atoms with Crippen molar-refractivity contribution in [3.8, 4) is 0 Å². The van der Waals surface area contributed by atoms with Crippen LogP contribution >= 0.6 is 34.2 Å². The van der Waals surface area contributed by atoms with Crippen molar-refractivity contribution in [1.29, 1.82) is 0 Å². The van der Waals surface area contributed by atoms with E-state index in [1.165, 1.54) is 10.9 Å². The van der Waals surface area contributed by atoms with Gasteiger partial charge in [-0.15, -0.1) is 0 Å². The van der Waals surface area contributed by atoms with E-state index in [1.54, 1.807) is 30.3 Å². The normalized spacial score (nSPS) is 10.7. The van der Waals surface area contributed by atoms with Crippen molar-refractivity contribution >= 4 is 56.7 Å². The van der Waals surface area contributed by atoms with Gasteiger partial charge < -0.3 is 5.32 Å². The lowest BCUT2D eigenvalue weighted by Crippen LogP contribution is -2.27. The maximum absolute atomic E-state index is 12.4. The lowest BCUT2D eigenvalue weighted by atomic mass is 10.2. The zero-order chi connectivity index (χ0) is 16.4. The first-order valence-electron chi connectivity index (χ1n) is 6.73. The van der Waals surface area contributed by atoms with E-state index in [0.717, 1.165) is 3.57 Å². The molecule has 0 radical (unpaired) electrons. The Balaban J connectivity index is 1.83. The number of halogens is 2. The zero-order valence-electron chi connectivity index (χ0n) is 11.8. The first-order chi connectivity index (χ1) is 11.0. The molecule has 1 N–H and O–H groups in total. The van der Waals surface area contributed by atoms with E-state index in [2.05, 4.69) is 32.9 Å². The number of hydrogen-bond acceptors (Lipinski definition) is 3. The molecule has 1 amide bonds. The van der Waals surface area contributed by atoms with Crippen LogP contribution in [-0.4, -0.2) is 15.5 Å². The first kappa shape index (κ1) is 15.9. The summed E-state index contributed by atoms with van der Waals surface area (Å²) in [6, 6.07) is 12.3. The molecule has 0 fully saturated rings. The molecule has 0 aliphatic carbocycles. The van der Waals surface area contributed by atoms with Crippen LogP contribution in [0, 0.1) is 3.57 Å². The highest BCUT2D eigenvalue weighted by molar-refractivity contribution is 14.1. The van der Waals surface area contributed by atoms with Gasteiger partial charge in [-0.2, -0.15) is 0 Å². The minimum atomic E-state index is -0.296. The average molecular weight is 440 g/mol. The van der Waals surface area contributed by atoms with Crippen molar-refractivity contribution in [2.45, 2.75) is 6.54 Å². The van der Waals surface area contributed by atoms with Gasteiger partial charge in [0.15, 0.2) is 0 Å². The van der Waals surface area contributed by atoms with Crippen molar-refractivity contribution in [3.63, 3.8) is 0 Å². The first-order valence-corrected chi connectivity index (χ1v) is 8.19. The standard InChI is InChI=1S/C16H11ClIN3O2/c17-10-1-6-14-13(7-10)16(23)21(9-19-14)8-15(22)20-12-4-2-11(18)3-5-12/h1-7,9H,8H2,(H,20,22). The van der Waals surface area contributed by atoms with Gasteiger partial charge in [0.2, 0.25) is 5.91 Å². The third-order valence-corrected chi connectivity index (χ3v) is 4.18. The lowest BCUT2D eigenvalue weighted by Gasteiger charge is -2.08. The number of carbonyl (C=O) groups excluding carboxylic acids is 1. The molecule has 1 aromatic heterocycles. The van der Waals surface area contributed by atoms with E-state index >= 15 is 0 Å². The topological polar surface area (TPSA) is 64.0 Å². The van der Waals surface area contributed by atoms with Crippen molar-refractivity contribution in [2.24, 2.45) is 0 Å². The van der Waals surface area contributed by atoms with E-state index in [9.17, 15) is 9.59 Å². The molecule has 0 saturated carbocycles. The number of benzene rings is 2. The zero-order valence-corrected chi connectivity index (χ0v) is 14.7. The number of hydrogen-bond donors (Lipinski definition) is 1. The van der Waals surface area contributed by atoms with Gasteiger partial charge in [-0.25, -0.2) is 4.98 Å². The fourth-order valence-electron chi connectivity index (χ4n) is 2.13. The molecule has 0 aliphatic heterocycles. The van der Waals surface area contributed by atoms with Crippen molar-refractivity contribution in [1.82, 2.24) is 9.55 Å². The fourth-order valence-corrected chi connectivity index (χ4v) is 2.66. The average Bonchev–Trinajstić information content (AvgIpc) is 2.53. The Hall–Kier alpha value is -1.93. The highest BCUT2D eigenvalue weighted by Crippen LogP contribution is 2.14. The molecule has 0 bridgehead atoms. The molecule has 23 heavy (non-hydrogen) atoms. The maximum Gasteiger partial charge on any atom is 0.261 e. The second-order valence-corrected chi connectivity index (χ2v) is 6.58. The predicted octanol–water partition coefficient (Wildman–Crippen LogP) is 3.29. The van der Waals surface area contributed by atoms with Gasteiger partial charge >= 0.3 is 0 Å². The summed E-state index contributed by atoms with van der Waals surface area (Å²) in [7, 11) is 0. The van der Waals surface area contributed by atoms with Crippen LogP contribution in [-0.2, 0) is 11.3 Å². The molecular formula is C16H11ClIN3O2. The van der Waals surface area contributed by atoms with E-state index in [1.807, 2.05) is 12.1 Å². The molecule has 5 nitrogen and oxygen atoms in total. The summed E-state index contributed by atoms with van der Waals surface area (Å²) in [5.74, 6) is -0.295. The molecule has 1 heterocycles. The Bertz CT molecular complexity index is 938. The Morgan fingerprint density at radius 3 is 2.70 bits per heavy atom. The number of aromatic nitrogens is 2. The largest absolute Gasteiger partial charge is 0.325 e. The highest BCUT2D eigenvalue weighted by Gasteiger charge is 2.09. The van der Waals surface area contributed by atoms with Gasteiger partial charge in [0.05, 0.1) is 17.2 Å². The van der Waals surface area contributed by atoms with Crippen LogP contribution in [0.1, 0.15) is 0 Å². The quantitative estimate of drug-likeness (QED) is 0.637. The number of rotatable bonds is 3. The molecule has 0 unspecified atom stereocenters. The van der Waals surface area contributed by atoms with Gasteiger partial charge in [-0.1, -0.05) is 11.6 Å².